The molecule has 1 rings (SSSR count). The Morgan fingerprint density at radius 3 is 3.00 bits per heavy atom. The Bertz CT molecular complexity index is 73.2. The van der Waals surface area contributed by atoms with Gasteiger partial charge in [-0.2, -0.15) is 0 Å². The van der Waals surface area contributed by atoms with Gasteiger partial charge in [0.05, 0.1) is 16.1 Å². The summed E-state index contributed by atoms with van der Waals surface area (Å²) < 4.78 is 1.85. The SMILES string of the molecule is BrN1C=[C]CS1. The first-order valence-corrected chi connectivity index (χ1v) is 3.19. The summed E-state index contributed by atoms with van der Waals surface area (Å²) >= 11 is 4.90. The third-order valence-electron chi connectivity index (χ3n) is 0.464. The molecule has 0 atom stereocenters. The van der Waals surface area contributed by atoms with Crippen molar-refractivity contribution in [3.05, 3.63) is 12.3 Å². The topological polar surface area (TPSA) is 3.24 Å². The number of hydrogen-bond acceptors (Lipinski definition) is 2. The molecule has 1 aliphatic heterocycles. The third kappa shape index (κ3) is 0.914. The highest BCUT2D eigenvalue weighted by molar-refractivity contribution is 9.09. The zero-order chi connectivity index (χ0) is 4.41. The predicted molar refractivity (Wildman–Crippen MR) is 31.0 cm³/mol. The highest BCUT2D eigenvalue weighted by atomic mass is 79.9. The Morgan fingerprint density at radius 2 is 2.83 bits per heavy atom. The van der Waals surface area contributed by atoms with Gasteiger partial charge < -0.3 is 0 Å². The molecule has 0 aromatic carbocycles. The lowest BCUT2D eigenvalue weighted by molar-refractivity contribution is 1.10. The van der Waals surface area contributed by atoms with Gasteiger partial charge in [-0.15, -0.1) is 0 Å². The van der Waals surface area contributed by atoms with E-state index in [2.05, 4.69) is 22.2 Å². The number of hydrogen-bond donors (Lipinski definition) is 0. The van der Waals surface area contributed by atoms with E-state index in [0.29, 0.717) is 0 Å². The largest absolute Gasteiger partial charge is 0.257 e. The summed E-state index contributed by atoms with van der Waals surface area (Å²) in [6.07, 6.45) is 4.85. The van der Waals surface area contributed by atoms with Crippen molar-refractivity contribution >= 4 is 28.1 Å². The van der Waals surface area contributed by atoms with Crippen molar-refractivity contribution in [3.63, 3.8) is 0 Å². The van der Waals surface area contributed by atoms with Crippen LogP contribution in [-0.2, 0) is 0 Å². The minimum atomic E-state index is 0.977. The molecule has 0 saturated carbocycles. The van der Waals surface area contributed by atoms with Crippen LogP contribution >= 0.6 is 28.1 Å². The van der Waals surface area contributed by atoms with Gasteiger partial charge in [0.1, 0.15) is 0 Å². The zero-order valence-corrected chi connectivity index (χ0v) is 5.42. The zero-order valence-electron chi connectivity index (χ0n) is 3.02. The second-order valence-electron chi connectivity index (χ2n) is 0.879. The van der Waals surface area contributed by atoms with E-state index in [1.807, 2.05) is 9.53 Å². The molecule has 0 aliphatic carbocycles. The summed E-state index contributed by atoms with van der Waals surface area (Å²) in [5.41, 5.74) is 0. The van der Waals surface area contributed by atoms with Crippen molar-refractivity contribution in [2.75, 3.05) is 5.75 Å². The summed E-state index contributed by atoms with van der Waals surface area (Å²) in [6, 6.07) is 0. The second-order valence-corrected chi connectivity index (χ2v) is 3.05. The second kappa shape index (κ2) is 1.89. The van der Waals surface area contributed by atoms with Gasteiger partial charge in [0, 0.05) is 12.0 Å². The van der Waals surface area contributed by atoms with Crippen molar-refractivity contribution in [2.24, 2.45) is 0 Å². The van der Waals surface area contributed by atoms with E-state index < -0.39 is 0 Å². The van der Waals surface area contributed by atoms with Crippen LogP contribution in [-0.4, -0.2) is 9.08 Å². The molecule has 0 fully saturated rings. The van der Waals surface area contributed by atoms with Crippen LogP contribution in [0.1, 0.15) is 0 Å². The monoisotopic (exact) mass is 164 g/mol. The van der Waals surface area contributed by atoms with Gasteiger partial charge in [-0.3, -0.25) is 3.33 Å². The molecular weight excluding hydrogens is 162 g/mol. The molecule has 3 heteroatoms. The van der Waals surface area contributed by atoms with Crippen molar-refractivity contribution in [2.45, 2.75) is 0 Å². The molecule has 1 aliphatic rings. The molecule has 1 heterocycles. The van der Waals surface area contributed by atoms with Crippen LogP contribution in [0, 0.1) is 6.08 Å². The predicted octanol–water partition coefficient (Wildman–Crippen LogP) is 1.58. The van der Waals surface area contributed by atoms with Crippen LogP contribution in [0.5, 0.6) is 0 Å². The van der Waals surface area contributed by atoms with Gasteiger partial charge in [0.15, 0.2) is 0 Å². The van der Waals surface area contributed by atoms with Gasteiger partial charge in [0.25, 0.3) is 0 Å². The maximum Gasteiger partial charge on any atom is 0.0612 e. The Kier molecular flexibility index (Phi) is 1.42. The van der Waals surface area contributed by atoms with Crippen molar-refractivity contribution in [1.82, 2.24) is 3.33 Å². The van der Waals surface area contributed by atoms with Crippen LogP contribution < -0.4 is 0 Å². The van der Waals surface area contributed by atoms with Gasteiger partial charge >= 0.3 is 0 Å². The maximum atomic E-state index is 3.22. The molecule has 33 valence electrons. The molecule has 1 nitrogen and oxygen atoms in total. The summed E-state index contributed by atoms with van der Waals surface area (Å²) in [5, 5.41) is 0. The molecule has 0 saturated heterocycles. The maximum absolute atomic E-state index is 3.22. The fraction of sp³-hybridized carbons (Fsp3) is 0.333. The molecule has 0 aromatic heterocycles. The van der Waals surface area contributed by atoms with Gasteiger partial charge in [-0.25, -0.2) is 0 Å². The Hall–Kier alpha value is 0.370. The van der Waals surface area contributed by atoms with E-state index in [-0.39, 0.29) is 0 Å². The Balaban J connectivity index is 2.38. The van der Waals surface area contributed by atoms with Crippen LogP contribution in [0.25, 0.3) is 0 Å². The summed E-state index contributed by atoms with van der Waals surface area (Å²) in [4.78, 5) is 0. The van der Waals surface area contributed by atoms with Crippen molar-refractivity contribution < 1.29 is 0 Å². The van der Waals surface area contributed by atoms with Crippen molar-refractivity contribution in [3.8, 4) is 0 Å². The highest BCUT2D eigenvalue weighted by Crippen LogP contribution is 2.20. The first-order chi connectivity index (χ1) is 2.89. The molecular formula is C3H3BrNS. The van der Waals surface area contributed by atoms with Crippen LogP contribution in [0.2, 0.25) is 0 Å². The lowest BCUT2D eigenvalue weighted by atomic mass is 10.7. The molecule has 0 spiro atoms. The van der Waals surface area contributed by atoms with E-state index in [1.54, 1.807) is 11.9 Å². The molecule has 0 N–H and O–H groups in total. The summed E-state index contributed by atoms with van der Waals surface area (Å²) in [6.45, 7) is 0. The fourth-order valence-electron chi connectivity index (χ4n) is 0.245. The Labute approximate surface area is 49.9 Å². The van der Waals surface area contributed by atoms with Crippen LogP contribution in [0.4, 0.5) is 0 Å². The standard InChI is InChI=1S/C3H3BrNS/c4-5-2-1-3-6-5/h2H,3H2. The number of halogens is 1. The summed E-state index contributed by atoms with van der Waals surface area (Å²) in [5.74, 6) is 0.977. The average molecular weight is 165 g/mol. The van der Waals surface area contributed by atoms with E-state index in [9.17, 15) is 0 Å². The van der Waals surface area contributed by atoms with Gasteiger partial charge in [-0.05, 0) is 18.0 Å². The van der Waals surface area contributed by atoms with Gasteiger partial charge in [-0.1, -0.05) is 0 Å². The van der Waals surface area contributed by atoms with Crippen molar-refractivity contribution in [1.29, 1.82) is 0 Å². The quantitative estimate of drug-likeness (QED) is 0.396. The minimum absolute atomic E-state index is 0.977. The molecule has 0 aromatic rings. The van der Waals surface area contributed by atoms with E-state index in [4.69, 9.17) is 0 Å². The molecule has 0 bridgehead atoms. The van der Waals surface area contributed by atoms with Crippen LogP contribution in [0.15, 0.2) is 6.20 Å². The van der Waals surface area contributed by atoms with Crippen LogP contribution in [0.3, 0.4) is 0 Å². The number of rotatable bonds is 0. The molecule has 1 radical (unpaired) electrons. The smallest absolute Gasteiger partial charge is 0.0612 e. The number of nitrogens with zero attached hydrogens (tertiary/aromatic N) is 1. The van der Waals surface area contributed by atoms with E-state index in [0.717, 1.165) is 5.75 Å². The highest BCUT2D eigenvalue weighted by Gasteiger charge is 1.97. The molecule has 6 heavy (non-hydrogen) atoms. The minimum Gasteiger partial charge on any atom is -0.257 e. The van der Waals surface area contributed by atoms with E-state index >= 15 is 0 Å². The fourth-order valence-corrected chi connectivity index (χ4v) is 1.12. The third-order valence-corrected chi connectivity index (χ3v) is 1.93. The first kappa shape index (κ1) is 4.53. The molecule has 0 unspecified atom stereocenters. The van der Waals surface area contributed by atoms with Gasteiger partial charge in [0.2, 0.25) is 0 Å². The molecule has 0 amide bonds. The first-order valence-electron chi connectivity index (χ1n) is 1.54. The lowest BCUT2D eigenvalue weighted by Crippen LogP contribution is -1.78. The lowest BCUT2D eigenvalue weighted by Gasteiger charge is -1.96. The average Bonchev–Trinajstić information content (AvgIpc) is 1.86. The van der Waals surface area contributed by atoms with E-state index in [1.165, 1.54) is 0 Å². The normalized spacial score (nSPS) is 19.8. The Morgan fingerprint density at radius 1 is 2.00 bits per heavy atom. The summed E-state index contributed by atoms with van der Waals surface area (Å²) in [7, 11) is 0.